The molecule has 1 amide bonds. The summed E-state index contributed by atoms with van der Waals surface area (Å²) in [5, 5.41) is 0. The van der Waals surface area contributed by atoms with E-state index in [2.05, 4.69) is 0 Å². The fourth-order valence-electron chi connectivity index (χ4n) is 5.60. The van der Waals surface area contributed by atoms with E-state index < -0.39 is 35.5 Å². The fourth-order valence-corrected chi connectivity index (χ4v) is 5.60. The van der Waals surface area contributed by atoms with E-state index in [1.165, 1.54) is 12.0 Å². The Balaban J connectivity index is 1.62. The zero-order chi connectivity index (χ0) is 23.7. The van der Waals surface area contributed by atoms with Gasteiger partial charge in [0.1, 0.15) is 18.4 Å². The second-order valence-corrected chi connectivity index (χ2v) is 8.76. The van der Waals surface area contributed by atoms with Gasteiger partial charge in [-0.25, -0.2) is 9.59 Å². The van der Waals surface area contributed by atoms with Crippen molar-refractivity contribution >= 4 is 17.8 Å². The summed E-state index contributed by atoms with van der Waals surface area (Å²) in [5.74, 6) is -1.12. The summed E-state index contributed by atoms with van der Waals surface area (Å²) < 4.78 is 10.9. The highest BCUT2D eigenvalue weighted by Gasteiger charge is 2.73. The topological polar surface area (TPSA) is 72.9 Å². The van der Waals surface area contributed by atoms with Gasteiger partial charge in [0, 0.05) is 11.8 Å². The number of esters is 1. The van der Waals surface area contributed by atoms with Gasteiger partial charge in [-0.1, -0.05) is 91.0 Å². The van der Waals surface area contributed by atoms with Crippen LogP contribution in [-0.2, 0) is 31.1 Å². The molecule has 3 aromatic carbocycles. The van der Waals surface area contributed by atoms with Gasteiger partial charge in [0.2, 0.25) is 0 Å². The molecule has 6 heteroatoms. The van der Waals surface area contributed by atoms with Gasteiger partial charge in [0.25, 0.3) is 0 Å². The van der Waals surface area contributed by atoms with Crippen LogP contribution in [0, 0.1) is 5.92 Å². The summed E-state index contributed by atoms with van der Waals surface area (Å²) >= 11 is 0. The number of ether oxygens (including phenoxy) is 2. The van der Waals surface area contributed by atoms with Crippen LogP contribution in [0.1, 0.15) is 29.2 Å². The molecule has 1 aliphatic carbocycles. The second-order valence-electron chi connectivity index (χ2n) is 8.76. The Morgan fingerprint density at radius 3 is 2.09 bits per heavy atom. The lowest BCUT2D eigenvalue weighted by atomic mass is 9.53. The van der Waals surface area contributed by atoms with Gasteiger partial charge in [-0.3, -0.25) is 9.69 Å². The lowest BCUT2D eigenvalue weighted by molar-refractivity contribution is -0.150. The smallest absolute Gasteiger partial charge is 0.411 e. The normalized spacial score (nSPS) is 25.3. The van der Waals surface area contributed by atoms with Crippen LogP contribution < -0.4 is 0 Å². The molecule has 1 heterocycles. The summed E-state index contributed by atoms with van der Waals surface area (Å²) in [6.07, 6.45) is -0.488. The average molecular weight is 456 g/mol. The highest BCUT2D eigenvalue weighted by atomic mass is 16.6. The summed E-state index contributed by atoms with van der Waals surface area (Å²) in [6, 6.07) is 26.5. The molecular weight excluding hydrogens is 430 g/mol. The predicted molar refractivity (Wildman–Crippen MR) is 125 cm³/mol. The molecule has 2 aliphatic rings. The first kappa shape index (κ1) is 21.9. The standard InChI is InChI=1S/C28H25NO5/c1-33-26(31)25-28(21-15-9-4-10-16-21)17-22(30)23(28)24(20-13-7-3-8-14-20)29(25)27(32)34-18-19-11-5-2-6-12-19/h2-16,23-25H,17-18H2,1H3/t23-,24+,25-,28+/m1/s1. The number of amides is 1. The molecular formula is C28H25NO5. The summed E-state index contributed by atoms with van der Waals surface area (Å²) in [6.45, 7) is 0.0581. The predicted octanol–water partition coefficient (Wildman–Crippen LogP) is 4.45. The number of fused-ring (bicyclic) bond motifs is 1. The maximum absolute atomic E-state index is 13.6. The number of rotatable bonds is 5. The number of hydrogen-bond donors (Lipinski definition) is 0. The molecule has 0 radical (unpaired) electrons. The average Bonchev–Trinajstić information content (AvgIpc) is 3.14. The highest BCUT2D eigenvalue weighted by molar-refractivity contribution is 5.99. The molecule has 4 atom stereocenters. The number of Topliss-reactive ketones (excluding diaryl/α,β-unsaturated/α-hetero) is 1. The molecule has 3 aromatic rings. The second kappa shape index (κ2) is 8.78. The molecule has 1 aliphatic heterocycles. The van der Waals surface area contributed by atoms with Crippen LogP contribution in [-0.4, -0.2) is 35.9 Å². The Morgan fingerprint density at radius 2 is 1.50 bits per heavy atom. The van der Waals surface area contributed by atoms with E-state index in [1.54, 1.807) is 0 Å². The van der Waals surface area contributed by atoms with E-state index in [-0.39, 0.29) is 18.8 Å². The van der Waals surface area contributed by atoms with Crippen molar-refractivity contribution in [3.63, 3.8) is 0 Å². The van der Waals surface area contributed by atoms with Gasteiger partial charge in [-0.05, 0) is 16.7 Å². The number of hydrogen-bond acceptors (Lipinski definition) is 5. The number of nitrogens with zero attached hydrogens (tertiary/aromatic N) is 1. The van der Waals surface area contributed by atoms with Crippen molar-refractivity contribution < 1.29 is 23.9 Å². The zero-order valence-electron chi connectivity index (χ0n) is 18.8. The van der Waals surface area contributed by atoms with Gasteiger partial charge >= 0.3 is 12.1 Å². The minimum absolute atomic E-state index is 0.0185. The highest BCUT2D eigenvalue weighted by Crippen LogP contribution is 2.62. The Kier molecular flexibility index (Phi) is 5.65. The Labute approximate surface area is 198 Å². The van der Waals surface area contributed by atoms with Gasteiger partial charge in [-0.2, -0.15) is 0 Å². The molecule has 0 N–H and O–H groups in total. The Bertz CT molecular complexity index is 1200. The molecule has 0 spiro atoms. The van der Waals surface area contributed by atoms with Gasteiger partial charge in [0.15, 0.2) is 0 Å². The quantitative estimate of drug-likeness (QED) is 0.532. The molecule has 5 rings (SSSR count). The zero-order valence-corrected chi connectivity index (χ0v) is 18.8. The maximum atomic E-state index is 13.6. The molecule has 34 heavy (non-hydrogen) atoms. The summed E-state index contributed by atoms with van der Waals surface area (Å²) in [5.41, 5.74) is 1.58. The Hall–Kier alpha value is -3.93. The van der Waals surface area contributed by atoms with Crippen LogP contribution in [0.15, 0.2) is 91.0 Å². The maximum Gasteiger partial charge on any atom is 0.411 e. The van der Waals surface area contributed by atoms with Crippen LogP contribution in [0.25, 0.3) is 0 Å². The number of ketones is 1. The van der Waals surface area contributed by atoms with E-state index in [1.807, 2.05) is 91.0 Å². The molecule has 1 saturated carbocycles. The lowest BCUT2D eigenvalue weighted by Gasteiger charge is -2.46. The minimum atomic E-state index is -0.990. The molecule has 1 saturated heterocycles. The monoisotopic (exact) mass is 455 g/mol. The largest absolute Gasteiger partial charge is 0.467 e. The van der Waals surface area contributed by atoms with E-state index in [4.69, 9.17) is 9.47 Å². The van der Waals surface area contributed by atoms with Gasteiger partial charge in [0.05, 0.1) is 19.1 Å². The third-order valence-electron chi connectivity index (χ3n) is 7.04. The molecule has 2 fully saturated rings. The van der Waals surface area contributed by atoms with Crippen molar-refractivity contribution in [2.45, 2.75) is 30.5 Å². The van der Waals surface area contributed by atoms with Crippen molar-refractivity contribution in [3.05, 3.63) is 108 Å². The molecule has 0 aromatic heterocycles. The molecule has 0 unspecified atom stereocenters. The first-order chi connectivity index (χ1) is 16.6. The van der Waals surface area contributed by atoms with Crippen molar-refractivity contribution in [3.8, 4) is 0 Å². The SMILES string of the molecule is COC(=O)[C@H]1N(C(=O)OCc2ccccc2)[C@@H](c2ccccc2)[C@H]2C(=O)C[C@]21c1ccccc1. The first-order valence-electron chi connectivity index (χ1n) is 11.3. The van der Waals surface area contributed by atoms with Crippen molar-refractivity contribution in [1.29, 1.82) is 0 Å². The summed E-state index contributed by atoms with van der Waals surface area (Å²) in [7, 11) is 1.31. The van der Waals surface area contributed by atoms with Crippen LogP contribution in [0.5, 0.6) is 0 Å². The van der Waals surface area contributed by atoms with Crippen LogP contribution in [0.4, 0.5) is 4.79 Å². The first-order valence-corrected chi connectivity index (χ1v) is 11.3. The lowest BCUT2D eigenvalue weighted by Crippen LogP contribution is -2.59. The minimum Gasteiger partial charge on any atom is -0.467 e. The third kappa shape index (κ3) is 3.37. The molecule has 172 valence electrons. The number of carbonyl (C=O) groups is 3. The van der Waals surface area contributed by atoms with E-state index >= 15 is 0 Å². The van der Waals surface area contributed by atoms with Crippen LogP contribution >= 0.6 is 0 Å². The molecule has 6 nitrogen and oxygen atoms in total. The molecule has 0 bridgehead atoms. The fraction of sp³-hybridized carbons (Fsp3) is 0.250. The Morgan fingerprint density at radius 1 is 0.912 bits per heavy atom. The van der Waals surface area contributed by atoms with E-state index in [0.29, 0.717) is 0 Å². The van der Waals surface area contributed by atoms with E-state index in [9.17, 15) is 14.4 Å². The number of carbonyl (C=O) groups excluding carboxylic acids is 3. The van der Waals surface area contributed by atoms with Crippen LogP contribution in [0.2, 0.25) is 0 Å². The summed E-state index contributed by atoms with van der Waals surface area (Å²) in [4.78, 5) is 41.5. The van der Waals surface area contributed by atoms with Crippen molar-refractivity contribution in [2.75, 3.05) is 7.11 Å². The van der Waals surface area contributed by atoms with Crippen molar-refractivity contribution in [2.24, 2.45) is 5.92 Å². The van der Waals surface area contributed by atoms with Gasteiger partial charge in [-0.15, -0.1) is 0 Å². The van der Waals surface area contributed by atoms with Gasteiger partial charge < -0.3 is 9.47 Å². The van der Waals surface area contributed by atoms with E-state index in [0.717, 1.165) is 16.7 Å². The number of methoxy groups -OCH3 is 1. The third-order valence-corrected chi connectivity index (χ3v) is 7.04. The van der Waals surface area contributed by atoms with Crippen LogP contribution in [0.3, 0.4) is 0 Å². The number of likely N-dealkylation sites (tertiary alicyclic amines) is 1. The van der Waals surface area contributed by atoms with Crippen molar-refractivity contribution in [1.82, 2.24) is 4.90 Å². The number of benzene rings is 3.